The Morgan fingerprint density at radius 2 is 1.42 bits per heavy atom. The van der Waals surface area contributed by atoms with E-state index < -0.39 is 0 Å². The third kappa shape index (κ3) is 1.34. The van der Waals surface area contributed by atoms with Crippen LogP contribution in [-0.4, -0.2) is 19.0 Å². The molecule has 0 N–H and O–H groups in total. The summed E-state index contributed by atoms with van der Waals surface area (Å²) in [5.74, 6) is 1.42. The predicted molar refractivity (Wildman–Crippen MR) is 65.3 cm³/mol. The highest BCUT2D eigenvalue weighted by atomic mass is 16.7. The van der Waals surface area contributed by atoms with Crippen molar-refractivity contribution in [3.63, 3.8) is 0 Å². The zero-order valence-corrected chi connectivity index (χ0v) is 10.8. The van der Waals surface area contributed by atoms with Gasteiger partial charge in [0.05, 0.1) is 13.2 Å². The maximum absolute atomic E-state index is 9.14. The van der Waals surface area contributed by atoms with Gasteiger partial charge < -0.3 is 9.47 Å². The van der Waals surface area contributed by atoms with Crippen molar-refractivity contribution in [1.82, 2.24) is 0 Å². The van der Waals surface area contributed by atoms with Gasteiger partial charge in [0.2, 0.25) is 0 Å². The minimum absolute atomic E-state index is 0.321. The Bertz CT molecular complexity index is 481. The van der Waals surface area contributed by atoms with Crippen molar-refractivity contribution < 1.29 is 9.47 Å². The Kier molecular flexibility index (Phi) is 2.31. The highest BCUT2D eigenvalue weighted by Gasteiger charge is 2.62. The number of hydrogen-bond acceptors (Lipinski definition) is 4. The Morgan fingerprint density at radius 3 is 1.84 bits per heavy atom. The van der Waals surface area contributed by atoms with Crippen molar-refractivity contribution in [3.05, 3.63) is 11.1 Å². The third-order valence-electron chi connectivity index (χ3n) is 5.54. The van der Waals surface area contributed by atoms with E-state index in [9.17, 15) is 0 Å². The summed E-state index contributed by atoms with van der Waals surface area (Å²) in [6.07, 6.45) is 4.09. The van der Waals surface area contributed by atoms with Crippen LogP contribution < -0.4 is 0 Å². The summed E-state index contributed by atoms with van der Waals surface area (Å²) in [5.41, 5.74) is 1.52. The molecule has 1 heterocycles. The molecule has 0 aromatic rings. The first-order valence-electron chi connectivity index (χ1n) is 7.10. The standard InChI is InChI=1S/C15H16N2O2/c16-7-11(8-17)14-9-3-12-5-10(14)6-13(4-9)15(12)18-1-2-19-15/h9-10,12-13H,1-6H2. The summed E-state index contributed by atoms with van der Waals surface area (Å²) in [6, 6.07) is 4.19. The smallest absolute Gasteiger partial charge is 0.174 e. The van der Waals surface area contributed by atoms with E-state index in [2.05, 4.69) is 12.1 Å². The van der Waals surface area contributed by atoms with E-state index in [4.69, 9.17) is 20.0 Å². The fourth-order valence-corrected chi connectivity index (χ4v) is 5.07. The van der Waals surface area contributed by atoms with Crippen molar-refractivity contribution >= 4 is 0 Å². The molecule has 1 spiro atoms. The number of hydrogen-bond donors (Lipinski definition) is 0. The molecule has 0 amide bonds. The van der Waals surface area contributed by atoms with Gasteiger partial charge in [-0.15, -0.1) is 0 Å². The van der Waals surface area contributed by atoms with Crippen LogP contribution in [-0.2, 0) is 9.47 Å². The van der Waals surface area contributed by atoms with Gasteiger partial charge in [-0.05, 0) is 43.1 Å². The Labute approximate surface area is 112 Å². The second-order valence-corrected chi connectivity index (χ2v) is 6.20. The maximum atomic E-state index is 9.14. The van der Waals surface area contributed by atoms with Crippen LogP contribution in [0.5, 0.6) is 0 Å². The van der Waals surface area contributed by atoms with Crippen LogP contribution in [0.2, 0.25) is 0 Å². The van der Waals surface area contributed by atoms with E-state index in [1.807, 2.05) is 0 Å². The first-order valence-corrected chi connectivity index (χ1v) is 7.10. The molecule has 0 radical (unpaired) electrons. The molecule has 4 heteroatoms. The lowest BCUT2D eigenvalue weighted by Gasteiger charge is -2.59. The molecule has 0 aromatic heterocycles. The highest BCUT2D eigenvalue weighted by molar-refractivity contribution is 5.44. The Hall–Kier alpha value is -1.36. The Morgan fingerprint density at radius 1 is 0.947 bits per heavy atom. The fourth-order valence-electron chi connectivity index (χ4n) is 5.07. The van der Waals surface area contributed by atoms with Crippen molar-refractivity contribution in [2.24, 2.45) is 23.7 Å². The zero-order chi connectivity index (χ0) is 13.0. The maximum Gasteiger partial charge on any atom is 0.174 e. The van der Waals surface area contributed by atoms with Crippen LogP contribution in [0, 0.1) is 46.3 Å². The van der Waals surface area contributed by atoms with Gasteiger partial charge in [-0.3, -0.25) is 0 Å². The van der Waals surface area contributed by atoms with E-state index >= 15 is 0 Å². The molecule has 1 aliphatic heterocycles. The van der Waals surface area contributed by atoms with Crippen LogP contribution in [0.4, 0.5) is 0 Å². The third-order valence-corrected chi connectivity index (χ3v) is 5.54. The molecule has 4 nitrogen and oxygen atoms in total. The molecule has 0 unspecified atom stereocenters. The number of ether oxygens (including phenoxy) is 2. The molecule has 98 valence electrons. The molecule has 0 atom stereocenters. The zero-order valence-electron chi connectivity index (χ0n) is 10.8. The minimum Gasteiger partial charge on any atom is -0.347 e. The minimum atomic E-state index is -0.321. The van der Waals surface area contributed by atoms with Gasteiger partial charge in [0.15, 0.2) is 5.79 Å². The van der Waals surface area contributed by atoms with Crippen molar-refractivity contribution in [3.8, 4) is 12.1 Å². The average molecular weight is 256 g/mol. The van der Waals surface area contributed by atoms with Gasteiger partial charge in [0, 0.05) is 11.8 Å². The molecule has 5 rings (SSSR count). The number of nitrogens with zero attached hydrogens (tertiary/aromatic N) is 2. The van der Waals surface area contributed by atoms with Crippen LogP contribution in [0.15, 0.2) is 11.1 Å². The van der Waals surface area contributed by atoms with E-state index in [1.165, 1.54) is 0 Å². The Balaban J connectivity index is 1.73. The molecule has 4 bridgehead atoms. The molecule has 19 heavy (non-hydrogen) atoms. The second kappa shape index (κ2) is 3.82. The molecule has 0 aromatic carbocycles. The highest BCUT2D eigenvalue weighted by Crippen LogP contribution is 2.63. The summed E-state index contributed by atoms with van der Waals surface area (Å²) in [7, 11) is 0. The van der Waals surface area contributed by atoms with E-state index in [0.29, 0.717) is 42.5 Å². The molecule has 4 saturated carbocycles. The van der Waals surface area contributed by atoms with Crippen LogP contribution in [0.3, 0.4) is 0 Å². The molecule has 5 fully saturated rings. The second-order valence-electron chi connectivity index (χ2n) is 6.20. The largest absolute Gasteiger partial charge is 0.347 e. The quantitative estimate of drug-likeness (QED) is 0.623. The van der Waals surface area contributed by atoms with Gasteiger partial charge in [0.1, 0.15) is 17.7 Å². The summed E-state index contributed by atoms with van der Waals surface area (Å²) >= 11 is 0. The summed E-state index contributed by atoms with van der Waals surface area (Å²) in [6.45, 7) is 1.43. The lowest BCUT2D eigenvalue weighted by Crippen LogP contribution is -2.59. The number of nitriles is 2. The van der Waals surface area contributed by atoms with E-state index in [-0.39, 0.29) is 5.79 Å². The van der Waals surface area contributed by atoms with Gasteiger partial charge in [-0.25, -0.2) is 0 Å². The van der Waals surface area contributed by atoms with Gasteiger partial charge >= 0.3 is 0 Å². The predicted octanol–water partition coefficient (Wildman–Crippen LogP) is 2.14. The van der Waals surface area contributed by atoms with E-state index in [0.717, 1.165) is 31.3 Å². The van der Waals surface area contributed by atoms with E-state index in [1.54, 1.807) is 0 Å². The first-order chi connectivity index (χ1) is 9.28. The summed E-state index contributed by atoms with van der Waals surface area (Å²) < 4.78 is 12.0. The average Bonchev–Trinajstić information content (AvgIpc) is 2.88. The molecular weight excluding hydrogens is 240 g/mol. The van der Waals surface area contributed by atoms with Gasteiger partial charge in [0.25, 0.3) is 0 Å². The number of allylic oxidation sites excluding steroid dienone is 2. The molecular formula is C15H16N2O2. The normalized spacial score (nSPS) is 41.3. The SMILES string of the molecule is N#CC(C#N)=C1C2CC3CC1CC(C2)C31OCCO1. The summed E-state index contributed by atoms with van der Waals surface area (Å²) in [4.78, 5) is 0. The molecule has 4 aliphatic carbocycles. The van der Waals surface area contributed by atoms with Crippen LogP contribution >= 0.6 is 0 Å². The van der Waals surface area contributed by atoms with Crippen LogP contribution in [0.25, 0.3) is 0 Å². The van der Waals surface area contributed by atoms with Crippen molar-refractivity contribution in [1.29, 1.82) is 10.5 Å². The monoisotopic (exact) mass is 256 g/mol. The van der Waals surface area contributed by atoms with Crippen LogP contribution in [0.1, 0.15) is 25.7 Å². The van der Waals surface area contributed by atoms with Crippen molar-refractivity contribution in [2.45, 2.75) is 31.5 Å². The van der Waals surface area contributed by atoms with Gasteiger partial charge in [-0.2, -0.15) is 10.5 Å². The van der Waals surface area contributed by atoms with Crippen molar-refractivity contribution in [2.75, 3.05) is 13.2 Å². The molecule has 1 saturated heterocycles. The topological polar surface area (TPSA) is 66.0 Å². The van der Waals surface area contributed by atoms with Gasteiger partial charge in [-0.1, -0.05) is 0 Å². The lowest BCUT2D eigenvalue weighted by molar-refractivity contribution is -0.279. The molecule has 5 aliphatic rings. The lowest BCUT2D eigenvalue weighted by atomic mass is 9.51. The fraction of sp³-hybridized carbons (Fsp3) is 0.733. The summed E-state index contributed by atoms with van der Waals surface area (Å²) in [5, 5.41) is 18.3. The number of rotatable bonds is 0. The first kappa shape index (κ1) is 11.5.